The van der Waals surface area contributed by atoms with Crippen LogP contribution in [0.4, 0.5) is 19.0 Å². The first-order chi connectivity index (χ1) is 14.3. The Morgan fingerprint density at radius 1 is 1.10 bits per heavy atom. The van der Waals surface area contributed by atoms with Crippen LogP contribution in [0.15, 0.2) is 60.9 Å². The number of carbonyl (C=O) groups is 1. The maximum atomic E-state index is 13.1. The molecule has 1 aromatic heterocycles. The lowest BCUT2D eigenvalue weighted by Gasteiger charge is -2.23. The van der Waals surface area contributed by atoms with E-state index in [2.05, 4.69) is 9.97 Å². The van der Waals surface area contributed by atoms with Crippen molar-refractivity contribution in [3.63, 3.8) is 0 Å². The van der Waals surface area contributed by atoms with Gasteiger partial charge in [0.1, 0.15) is 11.1 Å². The molecule has 1 atom stereocenters. The molecule has 10 heteroatoms. The van der Waals surface area contributed by atoms with Crippen LogP contribution in [0.1, 0.15) is 16.5 Å². The molecule has 0 aliphatic carbocycles. The molecule has 3 aromatic rings. The third-order valence-corrected chi connectivity index (χ3v) is 5.73. The molecule has 0 N–H and O–H groups in total. The fraction of sp³-hybridized carbons (Fsp3) is 0.150. The number of alkyl halides is 3. The first-order valence-corrected chi connectivity index (χ1v) is 10.1. The SMILES string of the molecule is O=C1CSC(c2cccc(C(F)(F)F)c2)N1c1cnc(Oc2ccc(Cl)cc2)cn1. The van der Waals surface area contributed by atoms with E-state index in [4.69, 9.17) is 16.3 Å². The molecule has 0 radical (unpaired) electrons. The minimum absolute atomic E-state index is 0.131. The summed E-state index contributed by atoms with van der Waals surface area (Å²) in [6, 6.07) is 11.6. The van der Waals surface area contributed by atoms with E-state index in [-0.39, 0.29) is 23.4 Å². The largest absolute Gasteiger partial charge is 0.438 e. The van der Waals surface area contributed by atoms with Crippen LogP contribution in [0.25, 0.3) is 0 Å². The number of halogens is 4. The van der Waals surface area contributed by atoms with E-state index in [1.807, 2.05) is 0 Å². The van der Waals surface area contributed by atoms with Crippen LogP contribution in [0.5, 0.6) is 11.6 Å². The van der Waals surface area contributed by atoms with Crippen LogP contribution in [0.2, 0.25) is 5.02 Å². The molecule has 2 aromatic carbocycles. The number of amides is 1. The predicted molar refractivity (Wildman–Crippen MR) is 108 cm³/mol. The van der Waals surface area contributed by atoms with Crippen molar-refractivity contribution in [1.82, 2.24) is 9.97 Å². The molecule has 1 saturated heterocycles. The maximum Gasteiger partial charge on any atom is 0.416 e. The molecule has 1 unspecified atom stereocenters. The highest BCUT2D eigenvalue weighted by Gasteiger charge is 2.37. The minimum atomic E-state index is -4.46. The van der Waals surface area contributed by atoms with Gasteiger partial charge in [-0.25, -0.2) is 9.97 Å². The summed E-state index contributed by atoms with van der Waals surface area (Å²) in [7, 11) is 0. The fourth-order valence-electron chi connectivity index (χ4n) is 2.90. The van der Waals surface area contributed by atoms with E-state index in [1.165, 1.54) is 35.1 Å². The van der Waals surface area contributed by atoms with Gasteiger partial charge in [-0.2, -0.15) is 13.2 Å². The maximum absolute atomic E-state index is 13.1. The van der Waals surface area contributed by atoms with Crippen LogP contribution < -0.4 is 9.64 Å². The van der Waals surface area contributed by atoms with Crippen LogP contribution in [-0.4, -0.2) is 21.6 Å². The third kappa shape index (κ3) is 4.36. The number of ether oxygens (including phenoxy) is 1. The van der Waals surface area contributed by atoms with E-state index < -0.39 is 17.1 Å². The minimum Gasteiger partial charge on any atom is -0.438 e. The van der Waals surface area contributed by atoms with Crippen LogP contribution in [0.3, 0.4) is 0 Å². The summed E-state index contributed by atoms with van der Waals surface area (Å²) in [6.07, 6.45) is -1.76. The highest BCUT2D eigenvalue weighted by Crippen LogP contribution is 2.42. The van der Waals surface area contributed by atoms with Gasteiger partial charge in [0, 0.05) is 5.02 Å². The Morgan fingerprint density at radius 3 is 2.53 bits per heavy atom. The molecule has 2 heterocycles. The molecule has 4 rings (SSSR count). The summed E-state index contributed by atoms with van der Waals surface area (Å²) in [4.78, 5) is 22.2. The number of benzene rings is 2. The summed E-state index contributed by atoms with van der Waals surface area (Å²) in [5.74, 6) is 0.817. The van der Waals surface area contributed by atoms with Crippen molar-refractivity contribution in [3.8, 4) is 11.6 Å². The van der Waals surface area contributed by atoms with Gasteiger partial charge in [0.15, 0.2) is 5.82 Å². The Bertz CT molecular complexity index is 1060. The number of anilines is 1. The second-order valence-electron chi connectivity index (χ2n) is 6.32. The molecule has 0 bridgehead atoms. The summed E-state index contributed by atoms with van der Waals surface area (Å²) < 4.78 is 44.8. The molecule has 0 spiro atoms. The van der Waals surface area contributed by atoms with Gasteiger partial charge in [-0.15, -0.1) is 11.8 Å². The number of aromatic nitrogens is 2. The molecular formula is C20H13ClF3N3O2S. The smallest absolute Gasteiger partial charge is 0.416 e. The number of hydrogen-bond acceptors (Lipinski definition) is 5. The Hall–Kier alpha value is -2.78. The fourth-order valence-corrected chi connectivity index (χ4v) is 4.18. The zero-order valence-corrected chi connectivity index (χ0v) is 16.7. The Kier molecular flexibility index (Phi) is 5.57. The van der Waals surface area contributed by atoms with E-state index in [0.717, 1.165) is 12.1 Å². The van der Waals surface area contributed by atoms with Crippen molar-refractivity contribution < 1.29 is 22.7 Å². The average Bonchev–Trinajstić information content (AvgIpc) is 3.11. The lowest BCUT2D eigenvalue weighted by atomic mass is 10.1. The average molecular weight is 452 g/mol. The highest BCUT2D eigenvalue weighted by atomic mass is 35.5. The van der Waals surface area contributed by atoms with Crippen molar-refractivity contribution in [2.24, 2.45) is 0 Å². The summed E-state index contributed by atoms with van der Waals surface area (Å²) >= 11 is 7.07. The predicted octanol–water partition coefficient (Wildman–Crippen LogP) is 5.72. The van der Waals surface area contributed by atoms with Gasteiger partial charge in [0.05, 0.1) is 23.7 Å². The number of hydrogen-bond donors (Lipinski definition) is 0. The molecule has 1 amide bonds. The van der Waals surface area contributed by atoms with E-state index in [9.17, 15) is 18.0 Å². The summed E-state index contributed by atoms with van der Waals surface area (Å²) in [5, 5.41) is -0.0633. The Morgan fingerprint density at radius 2 is 1.87 bits per heavy atom. The number of rotatable bonds is 4. The zero-order valence-electron chi connectivity index (χ0n) is 15.1. The lowest BCUT2D eigenvalue weighted by Crippen LogP contribution is -2.29. The summed E-state index contributed by atoms with van der Waals surface area (Å²) in [5.41, 5.74) is -0.401. The molecular weight excluding hydrogens is 439 g/mol. The second kappa shape index (κ2) is 8.16. The lowest BCUT2D eigenvalue weighted by molar-refractivity contribution is -0.137. The highest BCUT2D eigenvalue weighted by molar-refractivity contribution is 8.00. The van der Waals surface area contributed by atoms with Gasteiger partial charge in [0.2, 0.25) is 11.8 Å². The van der Waals surface area contributed by atoms with Crippen molar-refractivity contribution in [2.75, 3.05) is 10.7 Å². The third-order valence-electron chi connectivity index (χ3n) is 4.26. The first-order valence-electron chi connectivity index (χ1n) is 8.67. The second-order valence-corrected chi connectivity index (χ2v) is 7.82. The van der Waals surface area contributed by atoms with Crippen molar-refractivity contribution in [3.05, 3.63) is 77.1 Å². The van der Waals surface area contributed by atoms with Gasteiger partial charge in [0.25, 0.3) is 0 Å². The molecule has 1 aliphatic rings. The Balaban J connectivity index is 1.57. The van der Waals surface area contributed by atoms with Gasteiger partial charge in [-0.3, -0.25) is 9.69 Å². The molecule has 30 heavy (non-hydrogen) atoms. The van der Waals surface area contributed by atoms with E-state index >= 15 is 0 Å². The molecule has 5 nitrogen and oxygen atoms in total. The number of nitrogens with zero attached hydrogens (tertiary/aromatic N) is 3. The van der Waals surface area contributed by atoms with Crippen LogP contribution in [-0.2, 0) is 11.0 Å². The molecule has 0 saturated carbocycles. The van der Waals surface area contributed by atoms with Crippen LogP contribution in [0, 0.1) is 0 Å². The number of thioether (sulfide) groups is 1. The molecule has 1 fully saturated rings. The first kappa shape index (κ1) is 20.5. The van der Waals surface area contributed by atoms with E-state index in [1.54, 1.807) is 30.3 Å². The van der Waals surface area contributed by atoms with Crippen LogP contribution >= 0.6 is 23.4 Å². The van der Waals surface area contributed by atoms with E-state index in [0.29, 0.717) is 16.3 Å². The van der Waals surface area contributed by atoms with Crippen molar-refractivity contribution in [1.29, 1.82) is 0 Å². The molecule has 1 aliphatic heterocycles. The Labute approximate surface area is 178 Å². The van der Waals surface area contributed by atoms with Crippen molar-refractivity contribution >= 4 is 35.1 Å². The van der Waals surface area contributed by atoms with Gasteiger partial charge in [-0.1, -0.05) is 23.7 Å². The topological polar surface area (TPSA) is 55.3 Å². The van der Waals surface area contributed by atoms with Gasteiger partial charge >= 0.3 is 6.18 Å². The standard InChI is InChI=1S/C20H13ClF3N3O2S/c21-14-4-6-15(7-5-14)29-17-10-25-16(9-26-17)27-18(28)11-30-19(27)12-2-1-3-13(8-12)20(22,23)24/h1-10,19H,11H2. The normalized spacial score (nSPS) is 16.7. The monoisotopic (exact) mass is 451 g/mol. The molecule has 154 valence electrons. The van der Waals surface area contributed by atoms with Gasteiger partial charge in [-0.05, 0) is 42.0 Å². The number of carbonyl (C=O) groups excluding carboxylic acids is 1. The van der Waals surface area contributed by atoms with Crippen molar-refractivity contribution in [2.45, 2.75) is 11.6 Å². The zero-order chi connectivity index (χ0) is 21.3. The quantitative estimate of drug-likeness (QED) is 0.508. The van der Waals surface area contributed by atoms with Gasteiger partial charge < -0.3 is 4.74 Å². The summed E-state index contributed by atoms with van der Waals surface area (Å²) in [6.45, 7) is 0.